The highest BCUT2D eigenvalue weighted by Crippen LogP contribution is 2.40. The van der Waals surface area contributed by atoms with E-state index in [1.54, 1.807) is 0 Å². The number of rotatable bonds is 7. The number of alkyl halides is 6. The summed E-state index contributed by atoms with van der Waals surface area (Å²) in [6.45, 7) is 0. The van der Waals surface area contributed by atoms with Crippen LogP contribution in [0.15, 0.2) is 36.4 Å². The van der Waals surface area contributed by atoms with Gasteiger partial charge in [-0.15, -0.1) is 0 Å². The second-order valence-corrected chi connectivity index (χ2v) is 7.80. The number of benzene rings is 2. The molecule has 2 N–H and O–H groups in total. The van der Waals surface area contributed by atoms with Crippen LogP contribution in [0.5, 0.6) is 0 Å². The van der Waals surface area contributed by atoms with Crippen molar-refractivity contribution in [2.75, 3.05) is 5.43 Å². The molecule has 4 nitrogen and oxygen atoms in total. The molecule has 0 bridgehead atoms. The van der Waals surface area contributed by atoms with E-state index >= 15 is 0 Å². The zero-order valence-electron chi connectivity index (χ0n) is 15.7. The highest BCUT2D eigenvalue weighted by Gasteiger charge is 2.46. The lowest BCUT2D eigenvalue weighted by molar-refractivity contribution is -0.143. The topological polar surface area (TPSA) is 58.2 Å². The van der Waals surface area contributed by atoms with E-state index in [2.05, 4.69) is 5.43 Å². The summed E-state index contributed by atoms with van der Waals surface area (Å²) in [4.78, 5) is 24.3. The van der Waals surface area contributed by atoms with E-state index in [-0.39, 0.29) is 20.8 Å². The molecular weight excluding hydrogens is 509 g/mol. The van der Waals surface area contributed by atoms with Crippen LogP contribution in [-0.2, 0) is 4.79 Å². The van der Waals surface area contributed by atoms with Crippen LogP contribution >= 0.6 is 34.8 Å². The van der Waals surface area contributed by atoms with Gasteiger partial charge in [-0.3, -0.25) is 20.4 Å². The first-order chi connectivity index (χ1) is 14.7. The number of halogens is 9. The molecule has 0 radical (unpaired) electrons. The average molecular weight is 522 g/mol. The first kappa shape index (κ1) is 26.1. The van der Waals surface area contributed by atoms with Gasteiger partial charge in [0, 0.05) is 22.0 Å². The van der Waals surface area contributed by atoms with Crippen molar-refractivity contribution in [3.8, 4) is 0 Å². The Kier molecular flexibility index (Phi) is 8.30. The maximum atomic E-state index is 13.7. The SMILES string of the molecule is O=C(CCC(F)(F)F)NNc1cc(C(=O)C(c2cc(Cl)cc(Cl)c2)C(F)(F)F)ccc1Cl. The second kappa shape index (κ2) is 10.2. The summed E-state index contributed by atoms with van der Waals surface area (Å²) >= 11 is 17.4. The Hall–Kier alpha value is -2.17. The van der Waals surface area contributed by atoms with Gasteiger partial charge in [0.05, 0.1) is 17.1 Å². The van der Waals surface area contributed by atoms with Gasteiger partial charge in [0.2, 0.25) is 5.91 Å². The number of Topliss-reactive ketones (excluding diaryl/α,β-unsaturated/α-hetero) is 1. The molecule has 0 aliphatic rings. The van der Waals surface area contributed by atoms with E-state index in [1.165, 1.54) is 6.07 Å². The molecule has 0 spiro atoms. The lowest BCUT2D eigenvalue weighted by atomic mass is 9.90. The summed E-state index contributed by atoms with van der Waals surface area (Å²) in [5.41, 5.74) is 3.04. The van der Waals surface area contributed by atoms with Crippen molar-refractivity contribution in [3.05, 3.63) is 62.6 Å². The molecule has 0 aliphatic heterocycles. The molecule has 1 unspecified atom stereocenters. The smallest absolute Gasteiger partial charge is 0.297 e. The number of hydrazine groups is 1. The van der Waals surface area contributed by atoms with Crippen molar-refractivity contribution >= 4 is 52.2 Å². The molecule has 0 heterocycles. The zero-order chi connectivity index (χ0) is 24.3. The van der Waals surface area contributed by atoms with Crippen molar-refractivity contribution in [2.45, 2.75) is 31.1 Å². The van der Waals surface area contributed by atoms with Gasteiger partial charge in [-0.1, -0.05) is 34.8 Å². The van der Waals surface area contributed by atoms with E-state index in [1.807, 2.05) is 5.43 Å². The second-order valence-electron chi connectivity index (χ2n) is 6.52. The molecule has 0 saturated carbocycles. The number of carbonyl (C=O) groups is 2. The first-order valence-electron chi connectivity index (χ1n) is 8.65. The monoisotopic (exact) mass is 520 g/mol. The fourth-order valence-corrected chi connectivity index (χ4v) is 3.33. The van der Waals surface area contributed by atoms with Crippen LogP contribution in [-0.4, -0.2) is 24.0 Å². The van der Waals surface area contributed by atoms with E-state index in [9.17, 15) is 35.9 Å². The molecule has 1 atom stereocenters. The van der Waals surface area contributed by atoms with E-state index in [4.69, 9.17) is 34.8 Å². The maximum absolute atomic E-state index is 13.7. The molecule has 13 heteroatoms. The molecule has 0 aromatic heterocycles. The van der Waals surface area contributed by atoms with Gasteiger partial charge < -0.3 is 0 Å². The third kappa shape index (κ3) is 7.46. The summed E-state index contributed by atoms with van der Waals surface area (Å²) in [6.07, 6.45) is -11.8. The van der Waals surface area contributed by atoms with E-state index < -0.39 is 53.9 Å². The predicted molar refractivity (Wildman–Crippen MR) is 108 cm³/mol. The molecular formula is C19H13Cl3F6N2O2. The summed E-state index contributed by atoms with van der Waals surface area (Å²) in [6, 6.07) is 6.18. The van der Waals surface area contributed by atoms with Crippen LogP contribution < -0.4 is 10.9 Å². The van der Waals surface area contributed by atoms with Crippen molar-refractivity contribution in [3.63, 3.8) is 0 Å². The maximum Gasteiger partial charge on any atom is 0.402 e. The van der Waals surface area contributed by atoms with Gasteiger partial charge in [0.1, 0.15) is 5.92 Å². The number of hydrogen-bond donors (Lipinski definition) is 2. The summed E-state index contributed by atoms with van der Waals surface area (Å²) in [7, 11) is 0. The van der Waals surface area contributed by atoms with Crippen LogP contribution in [0.25, 0.3) is 0 Å². The quantitative estimate of drug-likeness (QED) is 0.235. The van der Waals surface area contributed by atoms with Crippen molar-refractivity contribution in [2.24, 2.45) is 0 Å². The highest BCUT2D eigenvalue weighted by atomic mass is 35.5. The normalized spacial score (nSPS) is 12.9. The third-order valence-corrected chi connectivity index (χ3v) is 4.80. The largest absolute Gasteiger partial charge is 0.402 e. The van der Waals surface area contributed by atoms with Crippen molar-refractivity contribution in [1.29, 1.82) is 0 Å². The Labute approximate surface area is 192 Å². The first-order valence-corrected chi connectivity index (χ1v) is 9.79. The Bertz CT molecular complexity index is 991. The Morgan fingerprint density at radius 3 is 2.03 bits per heavy atom. The van der Waals surface area contributed by atoms with Crippen molar-refractivity contribution < 1.29 is 35.9 Å². The minimum Gasteiger partial charge on any atom is -0.297 e. The number of carbonyl (C=O) groups excluding carboxylic acids is 2. The number of amides is 1. The predicted octanol–water partition coefficient (Wildman–Crippen LogP) is 6.96. The molecule has 174 valence electrons. The van der Waals surface area contributed by atoms with Gasteiger partial charge in [-0.05, 0) is 42.0 Å². The molecule has 2 aromatic carbocycles. The molecule has 2 rings (SSSR count). The fourth-order valence-electron chi connectivity index (χ4n) is 2.63. The molecule has 0 aliphatic carbocycles. The molecule has 0 saturated heterocycles. The standard InChI is InChI=1S/C19H13Cl3F6N2O2/c20-11-5-10(6-12(21)8-11)16(19(26,27)28)17(32)9-1-2-13(22)14(7-9)29-30-15(31)3-4-18(23,24)25/h1-2,5-8,16,29H,3-4H2,(H,30,31). The highest BCUT2D eigenvalue weighted by molar-refractivity contribution is 6.35. The minimum atomic E-state index is -5.00. The van der Waals surface area contributed by atoms with Gasteiger partial charge >= 0.3 is 12.4 Å². The van der Waals surface area contributed by atoms with Gasteiger partial charge in [0.25, 0.3) is 0 Å². The molecule has 1 amide bonds. The Balaban J connectivity index is 2.28. The van der Waals surface area contributed by atoms with Crippen LogP contribution in [0.1, 0.15) is 34.7 Å². The van der Waals surface area contributed by atoms with Crippen molar-refractivity contribution in [1.82, 2.24) is 5.43 Å². The average Bonchev–Trinajstić information content (AvgIpc) is 2.63. The van der Waals surface area contributed by atoms with Gasteiger partial charge in [0.15, 0.2) is 5.78 Å². The van der Waals surface area contributed by atoms with Crippen LogP contribution in [0.4, 0.5) is 32.0 Å². The molecule has 32 heavy (non-hydrogen) atoms. The lowest BCUT2D eigenvalue weighted by Crippen LogP contribution is -2.31. The van der Waals surface area contributed by atoms with Gasteiger partial charge in [-0.25, -0.2) is 0 Å². The summed E-state index contributed by atoms with van der Waals surface area (Å²) in [5.74, 6) is -5.01. The zero-order valence-corrected chi connectivity index (χ0v) is 17.9. The van der Waals surface area contributed by atoms with Gasteiger partial charge in [-0.2, -0.15) is 26.3 Å². The van der Waals surface area contributed by atoms with E-state index in [0.29, 0.717) is 0 Å². The third-order valence-electron chi connectivity index (χ3n) is 4.03. The summed E-state index contributed by atoms with van der Waals surface area (Å²) < 4.78 is 77.7. The number of nitrogens with one attached hydrogen (secondary N) is 2. The Morgan fingerprint density at radius 2 is 1.50 bits per heavy atom. The van der Waals surface area contributed by atoms with Crippen LogP contribution in [0.3, 0.4) is 0 Å². The minimum absolute atomic E-state index is 0.102. The lowest BCUT2D eigenvalue weighted by Gasteiger charge is -2.21. The van der Waals surface area contributed by atoms with E-state index in [0.717, 1.165) is 30.3 Å². The number of anilines is 1. The molecule has 0 fully saturated rings. The van der Waals surface area contributed by atoms with Crippen LogP contribution in [0, 0.1) is 0 Å². The number of hydrogen-bond acceptors (Lipinski definition) is 3. The fraction of sp³-hybridized carbons (Fsp3) is 0.263. The van der Waals surface area contributed by atoms with Crippen LogP contribution in [0.2, 0.25) is 15.1 Å². The molecule has 2 aromatic rings. The number of ketones is 1. The Morgan fingerprint density at radius 1 is 0.906 bits per heavy atom. The summed E-state index contributed by atoms with van der Waals surface area (Å²) in [5, 5.41) is -0.309.